The summed E-state index contributed by atoms with van der Waals surface area (Å²) in [5, 5.41) is 4.31. The van der Waals surface area contributed by atoms with E-state index in [1.807, 2.05) is 0 Å². The molecule has 156 valence electrons. The van der Waals surface area contributed by atoms with E-state index in [0.29, 0.717) is 31.6 Å². The van der Waals surface area contributed by atoms with Crippen molar-refractivity contribution in [1.29, 1.82) is 0 Å². The highest BCUT2D eigenvalue weighted by atomic mass is 32.1. The summed E-state index contributed by atoms with van der Waals surface area (Å²) >= 11 is 1.44. The van der Waals surface area contributed by atoms with Crippen molar-refractivity contribution in [3.63, 3.8) is 0 Å². The van der Waals surface area contributed by atoms with Gasteiger partial charge in [0, 0.05) is 41.8 Å². The molecule has 1 amide bonds. The van der Waals surface area contributed by atoms with Crippen LogP contribution >= 0.6 is 11.3 Å². The van der Waals surface area contributed by atoms with Gasteiger partial charge in [0.1, 0.15) is 5.82 Å². The molecule has 30 heavy (non-hydrogen) atoms. The molecule has 4 rings (SSSR count). The Balaban J connectivity index is 1.45. The first-order valence-electron chi connectivity index (χ1n) is 9.19. The third-order valence-electron chi connectivity index (χ3n) is 4.89. The first kappa shape index (κ1) is 20.5. The van der Waals surface area contributed by atoms with Crippen molar-refractivity contribution in [3.05, 3.63) is 81.1 Å². The van der Waals surface area contributed by atoms with E-state index in [1.54, 1.807) is 11.6 Å². The fourth-order valence-corrected chi connectivity index (χ4v) is 4.60. The molecule has 0 bridgehead atoms. The van der Waals surface area contributed by atoms with Gasteiger partial charge in [-0.3, -0.25) is 14.7 Å². The monoisotopic (exact) mass is 435 g/mol. The van der Waals surface area contributed by atoms with Crippen LogP contribution in [0.15, 0.2) is 48.1 Å². The number of pyridine rings is 1. The molecule has 0 saturated heterocycles. The molecule has 0 spiro atoms. The maximum atomic E-state index is 13.3. The van der Waals surface area contributed by atoms with E-state index in [0.717, 1.165) is 34.3 Å². The van der Waals surface area contributed by atoms with Crippen LogP contribution in [0.5, 0.6) is 0 Å². The number of aromatic nitrogens is 1. The molecule has 4 nitrogen and oxygen atoms in total. The van der Waals surface area contributed by atoms with Gasteiger partial charge >= 0.3 is 6.18 Å². The summed E-state index contributed by atoms with van der Waals surface area (Å²) in [6.45, 7) is 1.85. The summed E-state index contributed by atoms with van der Waals surface area (Å²) in [6.07, 6.45) is -1.05. The zero-order chi connectivity index (χ0) is 21.3. The Hall–Kier alpha value is -2.78. The predicted octanol–water partition coefficient (Wildman–Crippen LogP) is 5.11. The second-order valence-electron chi connectivity index (χ2n) is 7.06. The zero-order valence-corrected chi connectivity index (χ0v) is 16.5. The second-order valence-corrected chi connectivity index (χ2v) is 8.02. The highest BCUT2D eigenvalue weighted by Crippen LogP contribution is 2.32. The molecule has 1 aliphatic rings. The number of hydrogen-bond donors (Lipinski definition) is 1. The average Bonchev–Trinajstić information content (AvgIpc) is 3.11. The largest absolute Gasteiger partial charge is 0.416 e. The molecule has 0 atom stereocenters. The number of carbonyl (C=O) groups excluding carboxylic acids is 1. The van der Waals surface area contributed by atoms with E-state index in [9.17, 15) is 22.4 Å². The van der Waals surface area contributed by atoms with Gasteiger partial charge in [-0.2, -0.15) is 13.2 Å². The van der Waals surface area contributed by atoms with Crippen LogP contribution in [0.1, 0.15) is 31.9 Å². The third kappa shape index (κ3) is 4.52. The molecule has 2 aromatic heterocycles. The van der Waals surface area contributed by atoms with E-state index in [2.05, 4.69) is 15.2 Å². The van der Waals surface area contributed by atoms with Crippen molar-refractivity contribution in [2.75, 3.05) is 11.9 Å². The molecular weight excluding hydrogens is 418 g/mol. The van der Waals surface area contributed by atoms with Crippen LogP contribution in [-0.2, 0) is 25.7 Å². The normalized spacial score (nSPS) is 14.4. The standard InChI is InChI=1S/C21H17F4N3OS/c22-15-6-13(8-26-9-15)10-28-5-4-17-18(12-30-19(17)11-28)20(29)27-16-3-1-2-14(7-16)21(23,24)25/h1-3,6-9,12H,4-5,10-11H2,(H,27,29). The molecule has 0 aliphatic carbocycles. The number of nitrogens with one attached hydrogen (secondary N) is 1. The highest BCUT2D eigenvalue weighted by Gasteiger charge is 2.31. The van der Waals surface area contributed by atoms with Crippen molar-refractivity contribution in [3.8, 4) is 0 Å². The van der Waals surface area contributed by atoms with Crippen LogP contribution < -0.4 is 5.32 Å². The van der Waals surface area contributed by atoms with Crippen LogP contribution in [0.25, 0.3) is 0 Å². The number of rotatable bonds is 4. The number of halogens is 4. The summed E-state index contributed by atoms with van der Waals surface area (Å²) < 4.78 is 52.0. The zero-order valence-electron chi connectivity index (χ0n) is 15.7. The fourth-order valence-electron chi connectivity index (χ4n) is 3.48. The van der Waals surface area contributed by atoms with Crippen molar-refractivity contribution in [2.45, 2.75) is 25.7 Å². The molecule has 0 saturated carbocycles. The molecule has 3 heterocycles. The van der Waals surface area contributed by atoms with Crippen molar-refractivity contribution in [1.82, 2.24) is 9.88 Å². The SMILES string of the molecule is O=C(Nc1cccc(C(F)(F)F)c1)c1csc2c1CCN(Cc1cncc(F)c1)C2. The minimum absolute atomic E-state index is 0.103. The van der Waals surface area contributed by atoms with Crippen LogP contribution in [0, 0.1) is 5.82 Å². The minimum atomic E-state index is -4.47. The fraction of sp³-hybridized carbons (Fsp3) is 0.238. The van der Waals surface area contributed by atoms with Crippen molar-refractivity contribution >= 4 is 22.9 Å². The number of nitrogens with zero attached hydrogens (tertiary/aromatic N) is 2. The van der Waals surface area contributed by atoms with Crippen LogP contribution in [0.2, 0.25) is 0 Å². The number of anilines is 1. The Morgan fingerprint density at radius 2 is 2.07 bits per heavy atom. The Kier molecular flexibility index (Phi) is 5.57. The van der Waals surface area contributed by atoms with E-state index in [1.165, 1.54) is 29.5 Å². The summed E-state index contributed by atoms with van der Waals surface area (Å²) in [7, 11) is 0. The molecule has 0 fully saturated rings. The molecular formula is C21H17F4N3OS. The lowest BCUT2D eigenvalue weighted by Crippen LogP contribution is -2.30. The molecule has 0 radical (unpaired) electrons. The minimum Gasteiger partial charge on any atom is -0.322 e. The third-order valence-corrected chi connectivity index (χ3v) is 5.90. The maximum absolute atomic E-state index is 13.3. The second kappa shape index (κ2) is 8.16. The van der Waals surface area contributed by atoms with Gasteiger partial charge in [-0.25, -0.2) is 4.39 Å². The van der Waals surface area contributed by atoms with Gasteiger partial charge in [-0.05, 0) is 41.8 Å². The van der Waals surface area contributed by atoms with Gasteiger partial charge in [0.05, 0.1) is 17.3 Å². The lowest BCUT2D eigenvalue weighted by molar-refractivity contribution is -0.137. The number of thiophene rings is 1. The molecule has 1 N–H and O–H groups in total. The summed E-state index contributed by atoms with van der Waals surface area (Å²) in [5.74, 6) is -0.801. The quantitative estimate of drug-likeness (QED) is 0.579. The molecule has 3 aromatic rings. The lowest BCUT2D eigenvalue weighted by atomic mass is 10.0. The van der Waals surface area contributed by atoms with Gasteiger partial charge in [-0.15, -0.1) is 11.3 Å². The van der Waals surface area contributed by atoms with E-state index >= 15 is 0 Å². The number of amides is 1. The van der Waals surface area contributed by atoms with Crippen molar-refractivity contribution < 1.29 is 22.4 Å². The number of carbonyl (C=O) groups is 1. The Morgan fingerprint density at radius 1 is 1.23 bits per heavy atom. The highest BCUT2D eigenvalue weighted by molar-refractivity contribution is 7.10. The van der Waals surface area contributed by atoms with Crippen LogP contribution in [0.3, 0.4) is 0 Å². The van der Waals surface area contributed by atoms with Crippen LogP contribution in [-0.4, -0.2) is 22.3 Å². The van der Waals surface area contributed by atoms with E-state index in [-0.39, 0.29) is 11.5 Å². The molecule has 0 unspecified atom stereocenters. The summed E-state index contributed by atoms with van der Waals surface area (Å²) in [6, 6.07) is 6.03. The molecule has 1 aromatic carbocycles. The van der Waals surface area contributed by atoms with Gasteiger partial charge in [-0.1, -0.05) is 6.07 Å². The molecule has 1 aliphatic heterocycles. The molecule has 9 heteroatoms. The Bertz CT molecular complexity index is 1080. The average molecular weight is 435 g/mol. The summed E-state index contributed by atoms with van der Waals surface area (Å²) in [4.78, 5) is 19.7. The topological polar surface area (TPSA) is 45.2 Å². The lowest BCUT2D eigenvalue weighted by Gasteiger charge is -2.27. The summed E-state index contributed by atoms with van der Waals surface area (Å²) in [5.41, 5.74) is 1.47. The van der Waals surface area contributed by atoms with Crippen LogP contribution in [0.4, 0.5) is 23.2 Å². The van der Waals surface area contributed by atoms with Gasteiger partial charge in [0.2, 0.25) is 0 Å². The Morgan fingerprint density at radius 3 is 2.83 bits per heavy atom. The van der Waals surface area contributed by atoms with E-state index in [4.69, 9.17) is 0 Å². The van der Waals surface area contributed by atoms with Gasteiger partial charge < -0.3 is 5.32 Å². The van der Waals surface area contributed by atoms with E-state index < -0.39 is 17.6 Å². The first-order valence-corrected chi connectivity index (χ1v) is 10.1. The number of alkyl halides is 3. The van der Waals surface area contributed by atoms with Gasteiger partial charge in [0.25, 0.3) is 5.91 Å². The van der Waals surface area contributed by atoms with Gasteiger partial charge in [0.15, 0.2) is 0 Å². The smallest absolute Gasteiger partial charge is 0.322 e. The maximum Gasteiger partial charge on any atom is 0.416 e. The number of benzene rings is 1. The number of hydrogen-bond acceptors (Lipinski definition) is 4. The Labute approximate surface area is 174 Å². The predicted molar refractivity (Wildman–Crippen MR) is 106 cm³/mol. The van der Waals surface area contributed by atoms with Crippen molar-refractivity contribution in [2.24, 2.45) is 0 Å². The first-order chi connectivity index (χ1) is 14.3. The number of fused-ring (bicyclic) bond motifs is 1.